The first kappa shape index (κ1) is 17.2. The van der Waals surface area contributed by atoms with E-state index in [-0.39, 0.29) is 30.3 Å². The highest BCUT2D eigenvalue weighted by atomic mass is 16.3. The Morgan fingerprint density at radius 2 is 2.18 bits per heavy atom. The molecular weight excluding hydrogens is 284 g/mol. The third-order valence-corrected chi connectivity index (χ3v) is 2.88. The number of phenols is 1. The van der Waals surface area contributed by atoms with Crippen LogP contribution in [0.5, 0.6) is 5.75 Å². The van der Waals surface area contributed by atoms with E-state index in [0.717, 1.165) is 0 Å². The standard InChI is InChI=1S/C15H18N4O3/c1-10-7-13(21)3-4-14(10)18-15(22)12(8-17)9-19(6-5-16)11(2)20/h3-4,7,9,21H,5-6,16H2,1-2H3,(H,18,22)/b12-9-. The minimum Gasteiger partial charge on any atom is -0.508 e. The van der Waals surface area contributed by atoms with Gasteiger partial charge in [0.25, 0.3) is 5.91 Å². The number of amides is 2. The van der Waals surface area contributed by atoms with Crippen LogP contribution >= 0.6 is 0 Å². The lowest BCUT2D eigenvalue weighted by Gasteiger charge is -2.16. The van der Waals surface area contributed by atoms with Crippen LogP contribution in [-0.4, -0.2) is 34.9 Å². The molecule has 0 heterocycles. The van der Waals surface area contributed by atoms with E-state index in [2.05, 4.69) is 5.32 Å². The normalized spacial score (nSPS) is 10.7. The molecule has 0 aliphatic rings. The zero-order valence-electron chi connectivity index (χ0n) is 12.5. The molecule has 0 aromatic heterocycles. The molecule has 0 radical (unpaired) electrons. The summed E-state index contributed by atoms with van der Waals surface area (Å²) >= 11 is 0. The fourth-order valence-corrected chi connectivity index (χ4v) is 1.72. The molecule has 7 heteroatoms. The number of carbonyl (C=O) groups excluding carboxylic acids is 2. The molecule has 1 aromatic carbocycles. The highest BCUT2D eigenvalue weighted by Gasteiger charge is 2.14. The number of rotatable bonds is 5. The summed E-state index contributed by atoms with van der Waals surface area (Å²) in [6.07, 6.45) is 1.18. The van der Waals surface area contributed by atoms with Crippen LogP contribution in [0.15, 0.2) is 30.0 Å². The molecule has 7 nitrogen and oxygen atoms in total. The van der Waals surface area contributed by atoms with Gasteiger partial charge in [0.15, 0.2) is 0 Å². The van der Waals surface area contributed by atoms with Gasteiger partial charge in [0, 0.05) is 31.9 Å². The van der Waals surface area contributed by atoms with Crippen molar-refractivity contribution in [3.8, 4) is 11.8 Å². The van der Waals surface area contributed by atoms with E-state index < -0.39 is 5.91 Å². The minimum absolute atomic E-state index is 0.0808. The number of nitrogens with two attached hydrogens (primary N) is 1. The maximum atomic E-state index is 12.1. The molecule has 0 saturated carbocycles. The molecule has 1 rings (SSSR count). The van der Waals surface area contributed by atoms with Crippen LogP contribution in [0.4, 0.5) is 5.69 Å². The highest BCUT2D eigenvalue weighted by Crippen LogP contribution is 2.20. The summed E-state index contributed by atoms with van der Waals surface area (Å²) in [4.78, 5) is 24.7. The Hall–Kier alpha value is -2.85. The van der Waals surface area contributed by atoms with Crippen LogP contribution in [0, 0.1) is 18.3 Å². The molecule has 0 spiro atoms. The van der Waals surface area contributed by atoms with Gasteiger partial charge >= 0.3 is 0 Å². The molecule has 0 bridgehead atoms. The smallest absolute Gasteiger partial charge is 0.267 e. The van der Waals surface area contributed by atoms with Crippen molar-refractivity contribution in [2.75, 3.05) is 18.4 Å². The van der Waals surface area contributed by atoms with Crippen LogP contribution in [0.1, 0.15) is 12.5 Å². The van der Waals surface area contributed by atoms with Gasteiger partial charge in [0.05, 0.1) is 0 Å². The number of carbonyl (C=O) groups is 2. The van der Waals surface area contributed by atoms with E-state index in [0.29, 0.717) is 11.3 Å². The van der Waals surface area contributed by atoms with Gasteiger partial charge < -0.3 is 21.1 Å². The molecule has 0 atom stereocenters. The lowest BCUT2D eigenvalue weighted by molar-refractivity contribution is -0.126. The van der Waals surface area contributed by atoms with Gasteiger partial charge in [0.1, 0.15) is 17.4 Å². The number of nitriles is 1. The number of aromatic hydroxyl groups is 1. The first-order valence-electron chi connectivity index (χ1n) is 6.59. The summed E-state index contributed by atoms with van der Waals surface area (Å²) in [6, 6.07) is 6.20. The zero-order valence-corrected chi connectivity index (χ0v) is 12.5. The monoisotopic (exact) mass is 302 g/mol. The molecule has 0 unspecified atom stereocenters. The average molecular weight is 302 g/mol. The molecule has 116 valence electrons. The summed E-state index contributed by atoms with van der Waals surface area (Å²) in [5.74, 6) is -0.872. The van der Waals surface area contributed by atoms with Crippen molar-refractivity contribution in [2.24, 2.45) is 5.73 Å². The van der Waals surface area contributed by atoms with Gasteiger partial charge in [-0.1, -0.05) is 0 Å². The Balaban J connectivity index is 2.97. The Kier molecular flexibility index (Phi) is 6.10. The number of anilines is 1. The lowest BCUT2D eigenvalue weighted by Crippen LogP contribution is -2.30. The first-order chi connectivity index (χ1) is 10.4. The maximum Gasteiger partial charge on any atom is 0.267 e. The Bertz CT molecular complexity index is 647. The summed E-state index contributed by atoms with van der Waals surface area (Å²) in [5.41, 5.74) is 6.29. The van der Waals surface area contributed by atoms with Crippen molar-refractivity contribution < 1.29 is 14.7 Å². The van der Waals surface area contributed by atoms with E-state index in [9.17, 15) is 14.7 Å². The maximum absolute atomic E-state index is 12.1. The number of benzene rings is 1. The van der Waals surface area contributed by atoms with Crippen molar-refractivity contribution in [1.82, 2.24) is 4.90 Å². The second kappa shape index (κ2) is 7.81. The number of nitrogens with one attached hydrogen (secondary N) is 1. The third kappa shape index (κ3) is 4.61. The number of phenolic OH excluding ortho intramolecular Hbond substituents is 1. The molecule has 4 N–H and O–H groups in total. The molecule has 0 aliphatic carbocycles. The van der Waals surface area contributed by atoms with E-state index >= 15 is 0 Å². The summed E-state index contributed by atoms with van der Waals surface area (Å²) in [5, 5.41) is 21.0. The second-order valence-electron chi connectivity index (χ2n) is 4.61. The van der Waals surface area contributed by atoms with Crippen molar-refractivity contribution in [2.45, 2.75) is 13.8 Å². The zero-order chi connectivity index (χ0) is 16.7. The van der Waals surface area contributed by atoms with Crippen molar-refractivity contribution in [1.29, 1.82) is 5.26 Å². The van der Waals surface area contributed by atoms with Gasteiger partial charge in [-0.05, 0) is 30.7 Å². The topological polar surface area (TPSA) is 119 Å². The molecule has 1 aromatic rings. The van der Waals surface area contributed by atoms with Crippen LogP contribution in [-0.2, 0) is 9.59 Å². The van der Waals surface area contributed by atoms with E-state index in [1.165, 1.54) is 36.2 Å². The van der Waals surface area contributed by atoms with Gasteiger partial charge in [-0.15, -0.1) is 0 Å². The highest BCUT2D eigenvalue weighted by molar-refractivity contribution is 6.07. The SMILES string of the molecule is CC(=O)N(/C=C(/C#N)C(=O)Nc1ccc(O)cc1C)CCN. The largest absolute Gasteiger partial charge is 0.508 e. The summed E-state index contributed by atoms with van der Waals surface area (Å²) < 4.78 is 0. The second-order valence-corrected chi connectivity index (χ2v) is 4.61. The lowest BCUT2D eigenvalue weighted by atomic mass is 10.1. The van der Waals surface area contributed by atoms with E-state index in [1.54, 1.807) is 13.0 Å². The van der Waals surface area contributed by atoms with Crippen LogP contribution in [0.25, 0.3) is 0 Å². The Labute approximate surface area is 128 Å². The van der Waals surface area contributed by atoms with Crippen molar-refractivity contribution in [3.05, 3.63) is 35.5 Å². The van der Waals surface area contributed by atoms with Crippen LogP contribution in [0.2, 0.25) is 0 Å². The summed E-state index contributed by atoms with van der Waals surface area (Å²) in [7, 11) is 0. The van der Waals surface area contributed by atoms with Crippen molar-refractivity contribution >= 4 is 17.5 Å². The number of aryl methyl sites for hydroxylation is 1. The predicted octanol–water partition coefficient (Wildman–Crippen LogP) is 0.854. The first-order valence-corrected chi connectivity index (χ1v) is 6.59. The Morgan fingerprint density at radius 3 is 2.68 bits per heavy atom. The summed E-state index contributed by atoms with van der Waals surface area (Å²) in [6.45, 7) is 3.46. The molecule has 0 fully saturated rings. The van der Waals surface area contributed by atoms with Crippen LogP contribution in [0.3, 0.4) is 0 Å². The number of hydrogen-bond donors (Lipinski definition) is 3. The fourth-order valence-electron chi connectivity index (χ4n) is 1.72. The molecular formula is C15H18N4O3. The Morgan fingerprint density at radius 1 is 1.50 bits per heavy atom. The van der Waals surface area contributed by atoms with Gasteiger partial charge in [-0.3, -0.25) is 9.59 Å². The molecule has 22 heavy (non-hydrogen) atoms. The molecule has 0 aliphatic heterocycles. The van der Waals surface area contributed by atoms with Crippen LogP contribution < -0.4 is 11.1 Å². The number of nitrogens with zero attached hydrogens (tertiary/aromatic N) is 2. The number of hydrogen-bond acceptors (Lipinski definition) is 5. The van der Waals surface area contributed by atoms with Crippen molar-refractivity contribution in [3.63, 3.8) is 0 Å². The van der Waals surface area contributed by atoms with Gasteiger partial charge in [-0.2, -0.15) is 5.26 Å². The van der Waals surface area contributed by atoms with E-state index in [1.807, 2.05) is 0 Å². The van der Waals surface area contributed by atoms with E-state index in [4.69, 9.17) is 11.0 Å². The minimum atomic E-state index is -0.639. The average Bonchev–Trinajstić information content (AvgIpc) is 2.46. The predicted molar refractivity (Wildman–Crippen MR) is 81.6 cm³/mol. The quantitative estimate of drug-likeness (QED) is 0.423. The molecule has 2 amide bonds. The fraction of sp³-hybridized carbons (Fsp3) is 0.267. The molecule has 0 saturated heterocycles. The van der Waals surface area contributed by atoms with Gasteiger partial charge in [0.2, 0.25) is 5.91 Å². The third-order valence-electron chi connectivity index (χ3n) is 2.88. The van der Waals surface area contributed by atoms with Gasteiger partial charge in [-0.25, -0.2) is 0 Å².